The van der Waals surface area contributed by atoms with Crippen molar-refractivity contribution < 1.29 is 31.1 Å². The Labute approximate surface area is 103 Å². The zero-order valence-corrected chi connectivity index (χ0v) is 10.8. The number of sulfonamides is 1. The van der Waals surface area contributed by atoms with E-state index in [9.17, 15) is 26.4 Å². The average molecular weight is 289 g/mol. The molecule has 0 heterocycles. The molecule has 0 aliphatic carbocycles. The van der Waals surface area contributed by atoms with Crippen LogP contribution in [0.15, 0.2) is 12.2 Å². The molecule has 0 N–H and O–H groups in total. The second kappa shape index (κ2) is 6.19. The number of halogens is 3. The largest absolute Gasteiger partial charge is 0.516 e. The smallest absolute Gasteiger partial charge is 0.377 e. The fraction of sp³-hybridized carbons (Fsp3) is 0.667. The van der Waals surface area contributed by atoms with Gasteiger partial charge in [0.1, 0.15) is 0 Å². The van der Waals surface area contributed by atoms with Crippen molar-refractivity contribution in [2.75, 3.05) is 20.3 Å². The predicted octanol–water partition coefficient (Wildman–Crippen LogP) is 1.28. The summed E-state index contributed by atoms with van der Waals surface area (Å²) in [6.45, 7) is 5.16. The molecule has 0 fully saturated rings. The molecule has 0 aromatic carbocycles. The summed E-state index contributed by atoms with van der Waals surface area (Å²) in [7, 11) is -5.06. The summed E-state index contributed by atoms with van der Waals surface area (Å²) in [5.41, 5.74) is -4.81. The molecule has 5 nitrogen and oxygen atoms in total. The SMILES string of the molecule is C=C(C)COCCC(=O)N(C)S(=O)(=O)C(F)(F)F. The van der Waals surface area contributed by atoms with Crippen LogP contribution in [0.25, 0.3) is 0 Å². The van der Waals surface area contributed by atoms with E-state index in [1.54, 1.807) is 6.92 Å². The Morgan fingerprint density at radius 3 is 2.28 bits per heavy atom. The second-order valence-electron chi connectivity index (χ2n) is 3.57. The molecule has 0 aromatic heterocycles. The molecule has 0 unspecified atom stereocenters. The summed E-state index contributed by atoms with van der Waals surface area (Å²) in [4.78, 5) is 11.2. The van der Waals surface area contributed by atoms with Crippen molar-refractivity contribution in [1.29, 1.82) is 0 Å². The third kappa shape index (κ3) is 4.65. The number of amides is 1. The van der Waals surface area contributed by atoms with Crippen molar-refractivity contribution in [1.82, 2.24) is 4.31 Å². The lowest BCUT2D eigenvalue weighted by atomic mass is 10.4. The maximum absolute atomic E-state index is 12.1. The number of carbonyl (C=O) groups excluding carboxylic acids is 1. The van der Waals surface area contributed by atoms with Crippen LogP contribution in [0.1, 0.15) is 13.3 Å². The van der Waals surface area contributed by atoms with Crippen molar-refractivity contribution in [2.24, 2.45) is 0 Å². The Morgan fingerprint density at radius 1 is 1.39 bits per heavy atom. The zero-order valence-electron chi connectivity index (χ0n) is 9.95. The van der Waals surface area contributed by atoms with Crippen LogP contribution in [0, 0.1) is 0 Å². The third-order valence-electron chi connectivity index (χ3n) is 1.81. The van der Waals surface area contributed by atoms with Gasteiger partial charge in [0, 0.05) is 7.05 Å². The number of hydrogen-bond donors (Lipinski definition) is 0. The van der Waals surface area contributed by atoms with Crippen molar-refractivity contribution in [3.63, 3.8) is 0 Å². The zero-order chi connectivity index (χ0) is 14.6. The Balaban J connectivity index is 4.41. The van der Waals surface area contributed by atoms with Gasteiger partial charge in [0.15, 0.2) is 0 Å². The molecular formula is C9H14F3NO4S. The van der Waals surface area contributed by atoms with Crippen molar-refractivity contribution >= 4 is 15.9 Å². The van der Waals surface area contributed by atoms with E-state index in [2.05, 4.69) is 6.58 Å². The van der Waals surface area contributed by atoms with Crippen LogP contribution in [0.2, 0.25) is 0 Å². The average Bonchev–Trinajstić information content (AvgIpc) is 2.21. The number of rotatable bonds is 6. The van der Waals surface area contributed by atoms with E-state index >= 15 is 0 Å². The molecule has 0 bridgehead atoms. The van der Waals surface area contributed by atoms with E-state index in [0.717, 1.165) is 0 Å². The van der Waals surface area contributed by atoms with Crippen LogP contribution in [0.4, 0.5) is 13.2 Å². The Kier molecular flexibility index (Phi) is 5.81. The van der Waals surface area contributed by atoms with Gasteiger partial charge in [0.2, 0.25) is 5.91 Å². The van der Waals surface area contributed by atoms with Gasteiger partial charge in [0.05, 0.1) is 19.6 Å². The van der Waals surface area contributed by atoms with Gasteiger partial charge < -0.3 is 4.74 Å². The lowest BCUT2D eigenvalue weighted by molar-refractivity contribution is -0.128. The molecule has 0 aliphatic rings. The quantitative estimate of drug-likeness (QED) is 0.546. The Bertz CT molecular complexity index is 416. The summed E-state index contributed by atoms with van der Waals surface area (Å²) in [6.07, 6.45) is -0.459. The van der Waals surface area contributed by atoms with Crippen LogP contribution in [-0.2, 0) is 19.6 Å². The van der Waals surface area contributed by atoms with Gasteiger partial charge in [-0.25, -0.2) is 4.31 Å². The van der Waals surface area contributed by atoms with Crippen LogP contribution in [0.3, 0.4) is 0 Å². The number of ether oxygens (including phenoxy) is 1. The second-order valence-corrected chi connectivity index (χ2v) is 5.53. The molecule has 0 saturated heterocycles. The Hall–Kier alpha value is -1.09. The highest BCUT2D eigenvalue weighted by atomic mass is 32.2. The normalized spacial score (nSPS) is 12.3. The fourth-order valence-corrected chi connectivity index (χ4v) is 1.52. The highest BCUT2D eigenvalue weighted by molar-refractivity contribution is 7.90. The molecule has 1 amide bonds. The lowest BCUT2D eigenvalue weighted by Gasteiger charge is -2.18. The van der Waals surface area contributed by atoms with Gasteiger partial charge in [-0.1, -0.05) is 12.2 Å². The molecule has 0 rings (SSSR count). The van der Waals surface area contributed by atoms with E-state index in [-0.39, 0.29) is 17.5 Å². The maximum Gasteiger partial charge on any atom is 0.516 e. The summed E-state index contributed by atoms with van der Waals surface area (Å²) in [6, 6.07) is 0. The van der Waals surface area contributed by atoms with Gasteiger partial charge in [-0.05, 0) is 6.92 Å². The minimum absolute atomic E-state index is 0.156. The highest BCUT2D eigenvalue weighted by Gasteiger charge is 2.50. The molecule has 0 radical (unpaired) electrons. The summed E-state index contributed by atoms with van der Waals surface area (Å²) >= 11 is 0. The van der Waals surface area contributed by atoms with Crippen LogP contribution < -0.4 is 0 Å². The summed E-state index contributed by atoms with van der Waals surface area (Å²) < 4.78 is 62.6. The van der Waals surface area contributed by atoms with E-state index in [4.69, 9.17) is 4.74 Å². The summed E-state index contributed by atoms with van der Waals surface area (Å²) in [5.74, 6) is -1.19. The van der Waals surface area contributed by atoms with Crippen molar-refractivity contribution in [3.8, 4) is 0 Å². The minimum atomic E-state index is -5.62. The maximum atomic E-state index is 12.1. The van der Waals surface area contributed by atoms with Crippen LogP contribution in [0.5, 0.6) is 0 Å². The first kappa shape index (κ1) is 16.9. The molecule has 0 saturated carbocycles. The fourth-order valence-electron chi connectivity index (χ4n) is 0.853. The lowest BCUT2D eigenvalue weighted by Crippen LogP contribution is -2.42. The minimum Gasteiger partial charge on any atom is -0.377 e. The first-order valence-electron chi connectivity index (χ1n) is 4.80. The monoisotopic (exact) mass is 289 g/mol. The predicted molar refractivity (Wildman–Crippen MR) is 58.0 cm³/mol. The number of hydrogen-bond acceptors (Lipinski definition) is 4. The first-order chi connectivity index (χ1) is 8.00. The summed E-state index contributed by atoms with van der Waals surface area (Å²) in [5, 5.41) is 0. The third-order valence-corrected chi connectivity index (χ3v) is 3.32. The molecule has 0 atom stereocenters. The Morgan fingerprint density at radius 2 is 1.89 bits per heavy atom. The molecule has 9 heteroatoms. The van der Waals surface area contributed by atoms with Gasteiger partial charge in [0.25, 0.3) is 0 Å². The number of alkyl halides is 3. The van der Waals surface area contributed by atoms with E-state index in [1.165, 1.54) is 0 Å². The topological polar surface area (TPSA) is 63.7 Å². The molecule has 0 aliphatic heterocycles. The first-order valence-corrected chi connectivity index (χ1v) is 6.24. The number of carbonyl (C=O) groups is 1. The van der Waals surface area contributed by atoms with Crippen LogP contribution >= 0.6 is 0 Å². The van der Waals surface area contributed by atoms with E-state index < -0.39 is 27.9 Å². The molecular weight excluding hydrogens is 275 g/mol. The molecule has 0 spiro atoms. The van der Waals surface area contributed by atoms with Crippen molar-refractivity contribution in [3.05, 3.63) is 12.2 Å². The van der Waals surface area contributed by atoms with Crippen molar-refractivity contribution in [2.45, 2.75) is 18.9 Å². The van der Waals surface area contributed by atoms with E-state index in [0.29, 0.717) is 12.6 Å². The van der Waals surface area contributed by atoms with Gasteiger partial charge >= 0.3 is 15.5 Å². The van der Waals surface area contributed by atoms with Crippen LogP contribution in [-0.4, -0.2) is 44.4 Å². The molecule has 106 valence electrons. The van der Waals surface area contributed by atoms with Gasteiger partial charge in [-0.3, -0.25) is 4.79 Å². The number of nitrogens with zero attached hydrogens (tertiary/aromatic N) is 1. The van der Waals surface area contributed by atoms with Gasteiger partial charge in [-0.2, -0.15) is 21.6 Å². The molecule has 18 heavy (non-hydrogen) atoms. The highest BCUT2D eigenvalue weighted by Crippen LogP contribution is 2.26. The molecule has 0 aromatic rings. The van der Waals surface area contributed by atoms with E-state index in [1.807, 2.05) is 0 Å². The van der Waals surface area contributed by atoms with Gasteiger partial charge in [-0.15, -0.1) is 0 Å². The standard InChI is InChI=1S/C9H14F3NO4S/c1-7(2)6-17-5-4-8(14)13(3)18(15,16)9(10,11)12/h1,4-6H2,2-3H3.